The van der Waals surface area contributed by atoms with Gasteiger partial charge in [0.1, 0.15) is 5.56 Å². The number of carbonyl (C=O) groups is 2. The number of carbonyl (C=O) groups excluding carboxylic acids is 2. The second kappa shape index (κ2) is 9.71. The van der Waals surface area contributed by atoms with Gasteiger partial charge in [-0.05, 0) is 75.2 Å². The number of esters is 1. The summed E-state index contributed by atoms with van der Waals surface area (Å²) in [5.74, 6) is -0.885. The van der Waals surface area contributed by atoms with Gasteiger partial charge in [-0.15, -0.1) is 12.4 Å². The van der Waals surface area contributed by atoms with Crippen LogP contribution in [-0.2, 0) is 4.74 Å². The third-order valence-electron chi connectivity index (χ3n) is 5.15. The van der Waals surface area contributed by atoms with Gasteiger partial charge in [0.25, 0.3) is 11.5 Å². The molecule has 0 aliphatic carbocycles. The average Bonchev–Trinajstić information content (AvgIpc) is 2.69. The van der Waals surface area contributed by atoms with E-state index < -0.39 is 11.9 Å². The summed E-state index contributed by atoms with van der Waals surface area (Å²) in [6, 6.07) is 6.78. The Bertz CT molecular complexity index is 965. The molecule has 1 aromatic carbocycles. The highest BCUT2D eigenvalue weighted by molar-refractivity contribution is 6.05. The minimum absolute atomic E-state index is 0. The molecule has 1 amide bonds. The van der Waals surface area contributed by atoms with Crippen LogP contribution in [0, 0.1) is 13.8 Å². The number of aryl methyl sites for hydroxylation is 2. The van der Waals surface area contributed by atoms with Gasteiger partial charge in [-0.2, -0.15) is 0 Å². The Labute approximate surface area is 175 Å². The van der Waals surface area contributed by atoms with Crippen molar-refractivity contribution in [1.29, 1.82) is 0 Å². The Hall–Kier alpha value is -2.64. The zero-order chi connectivity index (χ0) is 20.3. The van der Waals surface area contributed by atoms with Gasteiger partial charge in [0, 0.05) is 17.9 Å². The van der Waals surface area contributed by atoms with E-state index in [1.165, 1.54) is 7.11 Å². The summed E-state index contributed by atoms with van der Waals surface area (Å²) >= 11 is 0. The van der Waals surface area contributed by atoms with Gasteiger partial charge in [-0.25, -0.2) is 4.79 Å². The third kappa shape index (κ3) is 4.86. The first-order valence-electron chi connectivity index (χ1n) is 9.35. The number of benzene rings is 1. The molecular weight excluding hydrogens is 394 g/mol. The minimum atomic E-state index is -0.445. The van der Waals surface area contributed by atoms with Gasteiger partial charge >= 0.3 is 5.97 Å². The number of nitrogens with one attached hydrogen (secondary N) is 2. The van der Waals surface area contributed by atoms with Gasteiger partial charge < -0.3 is 19.9 Å². The number of aromatic nitrogens is 1. The van der Waals surface area contributed by atoms with Crippen LogP contribution in [-0.4, -0.2) is 36.6 Å². The Balaban J connectivity index is 0.00000300. The predicted molar refractivity (Wildman–Crippen MR) is 114 cm³/mol. The molecule has 156 valence electrons. The molecule has 1 saturated heterocycles. The number of nitrogens with zero attached hydrogens (tertiary/aromatic N) is 1. The summed E-state index contributed by atoms with van der Waals surface area (Å²) in [5.41, 5.74) is 2.18. The molecule has 0 unspecified atom stereocenters. The Kier molecular flexibility index (Phi) is 7.59. The fourth-order valence-electron chi connectivity index (χ4n) is 3.52. The maximum atomic E-state index is 13.0. The number of halogens is 1. The second-order valence-corrected chi connectivity index (χ2v) is 7.04. The largest absolute Gasteiger partial charge is 0.465 e. The number of pyridine rings is 1. The first-order chi connectivity index (χ1) is 13.4. The summed E-state index contributed by atoms with van der Waals surface area (Å²) in [5, 5.41) is 6.09. The van der Waals surface area contributed by atoms with Crippen molar-refractivity contribution in [3.05, 3.63) is 63.1 Å². The van der Waals surface area contributed by atoms with Gasteiger partial charge in [0.05, 0.1) is 12.7 Å². The highest BCUT2D eigenvalue weighted by atomic mass is 35.5. The Morgan fingerprint density at radius 1 is 1.14 bits per heavy atom. The highest BCUT2D eigenvalue weighted by Gasteiger charge is 2.22. The smallest absolute Gasteiger partial charge is 0.337 e. The number of amides is 1. The predicted octanol–water partition coefficient (Wildman–Crippen LogP) is 2.85. The average molecular weight is 420 g/mol. The molecule has 1 aliphatic rings. The highest BCUT2D eigenvalue weighted by Crippen LogP contribution is 2.20. The topological polar surface area (TPSA) is 89.4 Å². The van der Waals surface area contributed by atoms with Gasteiger partial charge in [-0.1, -0.05) is 0 Å². The van der Waals surface area contributed by atoms with Crippen molar-refractivity contribution in [2.75, 3.05) is 25.5 Å². The van der Waals surface area contributed by atoms with Crippen LogP contribution in [0.1, 0.15) is 50.7 Å². The van der Waals surface area contributed by atoms with Crippen molar-refractivity contribution in [1.82, 2.24) is 9.88 Å². The van der Waals surface area contributed by atoms with Crippen LogP contribution in [0.3, 0.4) is 0 Å². The number of rotatable bonds is 4. The van der Waals surface area contributed by atoms with Crippen LogP contribution in [0.5, 0.6) is 0 Å². The molecular formula is C21H26ClN3O4. The van der Waals surface area contributed by atoms with Gasteiger partial charge in [-0.3, -0.25) is 9.59 Å². The molecule has 0 bridgehead atoms. The van der Waals surface area contributed by atoms with Crippen molar-refractivity contribution in [2.24, 2.45) is 0 Å². The molecule has 7 nitrogen and oxygen atoms in total. The summed E-state index contributed by atoms with van der Waals surface area (Å²) < 4.78 is 6.39. The zero-order valence-electron chi connectivity index (χ0n) is 16.8. The maximum absolute atomic E-state index is 13.0. The van der Waals surface area contributed by atoms with E-state index in [1.54, 1.807) is 42.8 Å². The first kappa shape index (κ1) is 22.6. The number of methoxy groups -OCH3 is 1. The van der Waals surface area contributed by atoms with Crippen molar-refractivity contribution in [3.63, 3.8) is 0 Å². The van der Waals surface area contributed by atoms with E-state index >= 15 is 0 Å². The van der Waals surface area contributed by atoms with Crippen LogP contribution in [0.4, 0.5) is 5.69 Å². The monoisotopic (exact) mass is 419 g/mol. The van der Waals surface area contributed by atoms with Crippen molar-refractivity contribution in [2.45, 2.75) is 32.7 Å². The van der Waals surface area contributed by atoms with Crippen LogP contribution < -0.4 is 16.2 Å². The van der Waals surface area contributed by atoms with Crippen LogP contribution >= 0.6 is 12.4 Å². The van der Waals surface area contributed by atoms with Gasteiger partial charge in [0.15, 0.2) is 0 Å². The SMILES string of the molecule is COC(=O)c1ccc(NC(=O)c2c(C)ccn(C3CCNCC3)c2=O)c(C)c1.Cl. The number of hydrogen-bond acceptors (Lipinski definition) is 5. The molecule has 3 rings (SSSR count). The van der Waals surface area contributed by atoms with E-state index in [0.29, 0.717) is 22.4 Å². The molecule has 0 radical (unpaired) electrons. The summed E-state index contributed by atoms with van der Waals surface area (Å²) in [6.45, 7) is 5.26. The summed E-state index contributed by atoms with van der Waals surface area (Å²) in [4.78, 5) is 37.5. The standard InChI is InChI=1S/C21H25N3O4.ClH/c1-13-8-11-24(16-6-9-22-10-7-16)20(26)18(13)19(25)23-17-5-4-15(12-14(17)2)21(27)28-3;/h4-5,8,11-12,16,22H,6-7,9-10H2,1-3H3,(H,23,25);1H. The van der Waals surface area contributed by atoms with Gasteiger partial charge in [0.2, 0.25) is 0 Å². The number of hydrogen-bond donors (Lipinski definition) is 2. The van der Waals surface area contributed by atoms with E-state index in [-0.39, 0.29) is 29.6 Å². The van der Waals surface area contributed by atoms with E-state index in [2.05, 4.69) is 10.6 Å². The first-order valence-corrected chi connectivity index (χ1v) is 9.35. The molecule has 2 aromatic rings. The van der Waals surface area contributed by atoms with E-state index in [4.69, 9.17) is 4.74 Å². The molecule has 0 spiro atoms. The second-order valence-electron chi connectivity index (χ2n) is 7.04. The maximum Gasteiger partial charge on any atom is 0.337 e. The number of piperidine rings is 1. The molecule has 0 atom stereocenters. The molecule has 29 heavy (non-hydrogen) atoms. The lowest BCUT2D eigenvalue weighted by Crippen LogP contribution is -2.37. The van der Waals surface area contributed by atoms with Crippen molar-refractivity contribution < 1.29 is 14.3 Å². The molecule has 1 fully saturated rings. The lowest BCUT2D eigenvalue weighted by molar-refractivity contribution is 0.0600. The van der Waals surface area contributed by atoms with E-state index in [1.807, 2.05) is 6.07 Å². The quantitative estimate of drug-likeness (QED) is 0.744. The Morgan fingerprint density at radius 3 is 2.45 bits per heavy atom. The van der Waals surface area contributed by atoms with Crippen LogP contribution in [0.25, 0.3) is 0 Å². The molecule has 1 aliphatic heterocycles. The van der Waals surface area contributed by atoms with E-state index in [9.17, 15) is 14.4 Å². The minimum Gasteiger partial charge on any atom is -0.465 e. The molecule has 2 heterocycles. The van der Waals surface area contributed by atoms with Crippen molar-refractivity contribution >= 4 is 30.0 Å². The number of anilines is 1. The Morgan fingerprint density at radius 2 is 1.83 bits per heavy atom. The normalized spacial score (nSPS) is 14.0. The van der Waals surface area contributed by atoms with Crippen LogP contribution in [0.2, 0.25) is 0 Å². The van der Waals surface area contributed by atoms with Crippen LogP contribution in [0.15, 0.2) is 35.3 Å². The fourth-order valence-corrected chi connectivity index (χ4v) is 3.52. The number of ether oxygens (including phenoxy) is 1. The summed E-state index contributed by atoms with van der Waals surface area (Å²) in [6.07, 6.45) is 3.50. The fraction of sp³-hybridized carbons (Fsp3) is 0.381. The summed E-state index contributed by atoms with van der Waals surface area (Å²) in [7, 11) is 1.32. The molecule has 2 N–H and O–H groups in total. The lowest BCUT2D eigenvalue weighted by atomic mass is 10.0. The third-order valence-corrected chi connectivity index (χ3v) is 5.15. The van der Waals surface area contributed by atoms with Crippen molar-refractivity contribution in [3.8, 4) is 0 Å². The van der Waals surface area contributed by atoms with E-state index in [0.717, 1.165) is 25.9 Å². The molecule has 0 saturated carbocycles. The molecule has 1 aromatic heterocycles. The lowest BCUT2D eigenvalue weighted by Gasteiger charge is -2.25. The molecule has 8 heteroatoms. The zero-order valence-corrected chi connectivity index (χ0v) is 17.6.